The van der Waals surface area contributed by atoms with Gasteiger partial charge in [-0.15, -0.1) is 0 Å². The van der Waals surface area contributed by atoms with Crippen LogP contribution in [-0.2, 0) is 0 Å². The van der Waals surface area contributed by atoms with Crippen molar-refractivity contribution in [3.8, 4) is 0 Å². The number of carbonyl (C=O) groups excluding carboxylic acids is 1. The fourth-order valence-corrected chi connectivity index (χ4v) is 2.50. The summed E-state index contributed by atoms with van der Waals surface area (Å²) in [7, 11) is 0. The van der Waals surface area contributed by atoms with E-state index in [9.17, 15) is 9.90 Å². The molecule has 1 aromatic heterocycles. The molecule has 110 valence electrons. The van der Waals surface area contributed by atoms with Crippen molar-refractivity contribution in [1.82, 2.24) is 9.88 Å². The predicted molar refractivity (Wildman–Crippen MR) is 78.8 cm³/mol. The minimum Gasteiger partial charge on any atom is -0.394 e. The number of nitrogens with one attached hydrogen (secondary N) is 1. The second kappa shape index (κ2) is 7.24. The number of aromatic nitrogens is 1. The number of nitrogens with zero attached hydrogens (tertiary/aromatic N) is 2. The van der Waals surface area contributed by atoms with Gasteiger partial charge in [0.1, 0.15) is 5.82 Å². The molecule has 1 aliphatic heterocycles. The van der Waals surface area contributed by atoms with Gasteiger partial charge in [-0.25, -0.2) is 4.98 Å². The van der Waals surface area contributed by atoms with E-state index in [-0.39, 0.29) is 18.6 Å². The summed E-state index contributed by atoms with van der Waals surface area (Å²) in [5, 5.41) is 12.6. The molecule has 2 heterocycles. The Morgan fingerprint density at radius 3 is 3.00 bits per heavy atom. The van der Waals surface area contributed by atoms with E-state index in [1.54, 1.807) is 17.2 Å². The van der Waals surface area contributed by atoms with Gasteiger partial charge in [0.25, 0.3) is 5.91 Å². The number of aliphatic hydroxyl groups excluding tert-OH is 1. The number of aliphatic hydroxyl groups is 1. The van der Waals surface area contributed by atoms with Crippen molar-refractivity contribution in [2.45, 2.75) is 38.6 Å². The second-order valence-electron chi connectivity index (χ2n) is 5.19. The molecule has 1 amide bonds. The van der Waals surface area contributed by atoms with Crippen molar-refractivity contribution >= 4 is 11.7 Å². The van der Waals surface area contributed by atoms with Crippen LogP contribution in [0.1, 0.15) is 43.0 Å². The number of amides is 1. The highest BCUT2D eigenvalue weighted by atomic mass is 16.3. The smallest absolute Gasteiger partial charge is 0.255 e. The Morgan fingerprint density at radius 1 is 1.50 bits per heavy atom. The van der Waals surface area contributed by atoms with Gasteiger partial charge in [0.15, 0.2) is 0 Å². The van der Waals surface area contributed by atoms with Crippen LogP contribution in [0.15, 0.2) is 18.3 Å². The number of carbonyl (C=O) groups is 1. The average molecular weight is 277 g/mol. The van der Waals surface area contributed by atoms with Crippen molar-refractivity contribution in [1.29, 1.82) is 0 Å². The Hall–Kier alpha value is -1.62. The minimum atomic E-state index is -0.0471. The molecular weight excluding hydrogens is 254 g/mol. The molecule has 1 aliphatic rings. The second-order valence-corrected chi connectivity index (χ2v) is 5.19. The maximum absolute atomic E-state index is 12.4. The Morgan fingerprint density at radius 2 is 2.35 bits per heavy atom. The van der Waals surface area contributed by atoms with Crippen LogP contribution in [0.25, 0.3) is 0 Å². The first-order valence-electron chi connectivity index (χ1n) is 7.38. The van der Waals surface area contributed by atoms with E-state index >= 15 is 0 Å². The molecule has 1 fully saturated rings. The van der Waals surface area contributed by atoms with Gasteiger partial charge < -0.3 is 15.3 Å². The van der Waals surface area contributed by atoms with Crippen LogP contribution in [0, 0.1) is 0 Å². The molecule has 1 aromatic rings. The first kappa shape index (κ1) is 14.8. The summed E-state index contributed by atoms with van der Waals surface area (Å²) in [6.45, 7) is 3.73. The SMILES string of the molecule is CCCNc1ccc(C(=O)N2CCCCC2CO)cn1. The molecule has 1 unspecified atom stereocenters. The lowest BCUT2D eigenvalue weighted by molar-refractivity contribution is 0.0502. The number of anilines is 1. The molecule has 20 heavy (non-hydrogen) atoms. The maximum Gasteiger partial charge on any atom is 0.255 e. The zero-order valence-corrected chi connectivity index (χ0v) is 12.0. The van der Waals surface area contributed by atoms with Crippen LogP contribution < -0.4 is 5.32 Å². The van der Waals surface area contributed by atoms with Gasteiger partial charge in [0.05, 0.1) is 18.2 Å². The standard InChI is InChI=1S/C15H23N3O2/c1-2-8-16-14-7-6-12(10-17-14)15(20)18-9-4-3-5-13(18)11-19/h6-7,10,13,19H,2-5,8-9,11H2,1H3,(H,16,17). The van der Waals surface area contributed by atoms with Crippen LogP contribution >= 0.6 is 0 Å². The third kappa shape index (κ3) is 3.48. The average Bonchev–Trinajstić information content (AvgIpc) is 2.52. The molecule has 0 bridgehead atoms. The lowest BCUT2D eigenvalue weighted by Gasteiger charge is -2.34. The van der Waals surface area contributed by atoms with Gasteiger partial charge in [-0.1, -0.05) is 6.92 Å². The summed E-state index contributed by atoms with van der Waals surface area (Å²) in [6, 6.07) is 3.59. The molecule has 0 aromatic carbocycles. The van der Waals surface area contributed by atoms with Crippen LogP contribution in [0.2, 0.25) is 0 Å². The van der Waals surface area contributed by atoms with Gasteiger partial charge in [-0.2, -0.15) is 0 Å². The number of hydrogen-bond donors (Lipinski definition) is 2. The van der Waals surface area contributed by atoms with Crippen molar-refractivity contribution < 1.29 is 9.90 Å². The number of rotatable bonds is 5. The van der Waals surface area contributed by atoms with Crippen molar-refractivity contribution in [3.63, 3.8) is 0 Å². The summed E-state index contributed by atoms with van der Waals surface area (Å²) in [4.78, 5) is 18.5. The summed E-state index contributed by atoms with van der Waals surface area (Å²) in [6.07, 6.45) is 5.61. The first-order chi connectivity index (χ1) is 9.76. The molecule has 2 N–H and O–H groups in total. The topological polar surface area (TPSA) is 65.5 Å². The highest BCUT2D eigenvalue weighted by molar-refractivity contribution is 5.94. The quantitative estimate of drug-likeness (QED) is 0.862. The van der Waals surface area contributed by atoms with Gasteiger partial charge in [-0.05, 0) is 37.8 Å². The zero-order chi connectivity index (χ0) is 14.4. The maximum atomic E-state index is 12.4. The largest absolute Gasteiger partial charge is 0.394 e. The summed E-state index contributed by atoms with van der Waals surface area (Å²) in [5.74, 6) is 0.763. The highest BCUT2D eigenvalue weighted by Gasteiger charge is 2.26. The van der Waals surface area contributed by atoms with E-state index in [1.165, 1.54) is 0 Å². The third-order valence-corrected chi connectivity index (χ3v) is 3.67. The van der Waals surface area contributed by atoms with Crippen molar-refractivity contribution in [3.05, 3.63) is 23.9 Å². The number of pyridine rings is 1. The van der Waals surface area contributed by atoms with E-state index < -0.39 is 0 Å². The molecule has 5 heteroatoms. The van der Waals surface area contributed by atoms with E-state index in [1.807, 2.05) is 6.07 Å². The predicted octanol–water partition coefficient (Wildman–Crippen LogP) is 1.89. The van der Waals surface area contributed by atoms with Crippen LogP contribution in [0.5, 0.6) is 0 Å². The Balaban J connectivity index is 2.04. The number of hydrogen-bond acceptors (Lipinski definition) is 4. The van der Waals surface area contributed by atoms with Crippen LogP contribution in [0.3, 0.4) is 0 Å². The van der Waals surface area contributed by atoms with Crippen molar-refractivity contribution in [2.75, 3.05) is 25.0 Å². The first-order valence-corrected chi connectivity index (χ1v) is 7.38. The van der Waals surface area contributed by atoms with E-state index in [2.05, 4.69) is 17.2 Å². The van der Waals surface area contributed by atoms with Gasteiger partial charge in [0.2, 0.25) is 0 Å². The highest BCUT2D eigenvalue weighted by Crippen LogP contribution is 2.19. The minimum absolute atomic E-state index is 0.0294. The molecule has 1 atom stereocenters. The van der Waals surface area contributed by atoms with E-state index in [4.69, 9.17) is 0 Å². The van der Waals surface area contributed by atoms with Gasteiger partial charge in [0, 0.05) is 19.3 Å². The van der Waals surface area contributed by atoms with Crippen LogP contribution in [0.4, 0.5) is 5.82 Å². The van der Waals surface area contributed by atoms with Crippen LogP contribution in [-0.4, -0.2) is 46.6 Å². The Bertz CT molecular complexity index is 433. The molecule has 5 nitrogen and oxygen atoms in total. The van der Waals surface area contributed by atoms with E-state index in [0.717, 1.165) is 44.6 Å². The Labute approximate surface area is 120 Å². The molecule has 0 spiro atoms. The molecule has 0 radical (unpaired) electrons. The fourth-order valence-electron chi connectivity index (χ4n) is 2.50. The summed E-state index contributed by atoms with van der Waals surface area (Å²) >= 11 is 0. The molecule has 2 rings (SSSR count). The normalized spacial score (nSPS) is 18.9. The summed E-state index contributed by atoms with van der Waals surface area (Å²) in [5.41, 5.74) is 0.590. The molecule has 0 saturated carbocycles. The van der Waals surface area contributed by atoms with E-state index in [0.29, 0.717) is 5.56 Å². The zero-order valence-electron chi connectivity index (χ0n) is 12.0. The number of piperidine rings is 1. The third-order valence-electron chi connectivity index (χ3n) is 3.67. The fraction of sp³-hybridized carbons (Fsp3) is 0.600. The van der Waals surface area contributed by atoms with Gasteiger partial charge >= 0.3 is 0 Å². The number of likely N-dealkylation sites (tertiary alicyclic amines) is 1. The lowest BCUT2D eigenvalue weighted by atomic mass is 10.0. The van der Waals surface area contributed by atoms with Gasteiger partial charge in [-0.3, -0.25) is 4.79 Å². The summed E-state index contributed by atoms with van der Waals surface area (Å²) < 4.78 is 0. The lowest BCUT2D eigenvalue weighted by Crippen LogP contribution is -2.45. The monoisotopic (exact) mass is 277 g/mol. The Kier molecular flexibility index (Phi) is 5.35. The molecular formula is C15H23N3O2. The van der Waals surface area contributed by atoms with Crippen molar-refractivity contribution in [2.24, 2.45) is 0 Å². The molecule has 1 saturated heterocycles. The molecule has 0 aliphatic carbocycles.